The predicted octanol–water partition coefficient (Wildman–Crippen LogP) is -0.541. The number of thioether (sulfide) groups is 1. The summed E-state index contributed by atoms with van der Waals surface area (Å²) in [6.07, 6.45) is 3.34. The van der Waals surface area contributed by atoms with Crippen LogP contribution in [0.25, 0.3) is 0 Å². The first kappa shape index (κ1) is 24.1. The van der Waals surface area contributed by atoms with Crippen molar-refractivity contribution in [3.05, 3.63) is 47.2 Å². The summed E-state index contributed by atoms with van der Waals surface area (Å²) in [5.41, 5.74) is 6.26. The number of nitrogens with one attached hydrogen (secondary N) is 1. The molecule has 4 heterocycles. The summed E-state index contributed by atoms with van der Waals surface area (Å²) in [7, 11) is 0. The van der Waals surface area contributed by atoms with E-state index >= 15 is 0 Å². The fourth-order valence-electron chi connectivity index (χ4n) is 3.52. The normalized spacial score (nSPS) is 19.5. The van der Waals surface area contributed by atoms with Gasteiger partial charge in [-0.1, -0.05) is 5.16 Å². The standard InChI is InChI=1S/C20H18N8O5S2/c1-2-33-25-12(15-24-20(22)35-26-15)16(29)23-13-17(30)28-14(19(31)32)11(9-34-18(13)28)8-27-5-3-10(7-21)4-6-27/h3-6,13,18H,2,8-9H2,1H3,(H3-,22,23,24,26,29,31,32)/p+1/t13?,18-/m0/s1. The second-order valence-electron chi connectivity index (χ2n) is 7.30. The van der Waals surface area contributed by atoms with Crippen molar-refractivity contribution >= 4 is 51.9 Å². The number of hydrogen-bond donors (Lipinski definition) is 3. The maximum atomic E-state index is 12.9. The van der Waals surface area contributed by atoms with Crippen LogP contribution in [0, 0.1) is 11.3 Å². The van der Waals surface area contributed by atoms with Crippen LogP contribution < -0.4 is 15.6 Å². The Balaban J connectivity index is 1.53. The molecular weight excluding hydrogens is 496 g/mol. The maximum Gasteiger partial charge on any atom is 0.352 e. The van der Waals surface area contributed by atoms with Gasteiger partial charge in [0.25, 0.3) is 11.8 Å². The predicted molar refractivity (Wildman–Crippen MR) is 124 cm³/mol. The van der Waals surface area contributed by atoms with Crippen molar-refractivity contribution in [2.75, 3.05) is 18.1 Å². The first-order valence-electron chi connectivity index (χ1n) is 10.2. The Bertz CT molecular complexity index is 1280. The number of aliphatic carboxylic acids is 1. The maximum absolute atomic E-state index is 12.9. The lowest BCUT2D eigenvalue weighted by Crippen LogP contribution is -2.71. The summed E-state index contributed by atoms with van der Waals surface area (Å²) in [5, 5.41) is 24.7. The number of carbonyl (C=O) groups excluding carboxylic acids is 2. The Hall–Kier alpha value is -4.03. The smallest absolute Gasteiger partial charge is 0.352 e. The Kier molecular flexibility index (Phi) is 6.94. The third kappa shape index (κ3) is 4.79. The van der Waals surface area contributed by atoms with Crippen molar-refractivity contribution in [3.63, 3.8) is 0 Å². The molecule has 35 heavy (non-hydrogen) atoms. The van der Waals surface area contributed by atoms with E-state index in [1.54, 1.807) is 36.0 Å². The molecule has 1 unspecified atom stereocenters. The van der Waals surface area contributed by atoms with Gasteiger partial charge in [-0.15, -0.1) is 11.8 Å². The zero-order valence-electron chi connectivity index (χ0n) is 18.2. The van der Waals surface area contributed by atoms with E-state index in [1.165, 1.54) is 16.7 Å². The summed E-state index contributed by atoms with van der Waals surface area (Å²) in [4.78, 5) is 48.0. The molecule has 0 aromatic carbocycles. The first-order valence-corrected chi connectivity index (χ1v) is 12.1. The molecule has 2 aromatic heterocycles. The van der Waals surface area contributed by atoms with Gasteiger partial charge < -0.3 is 21.0 Å². The number of aromatic nitrogens is 3. The number of pyridine rings is 1. The number of fused-ring (bicyclic) bond motifs is 1. The van der Waals surface area contributed by atoms with Crippen LogP contribution in [-0.2, 0) is 25.8 Å². The number of carbonyl (C=O) groups is 3. The fourth-order valence-corrected chi connectivity index (χ4v) is 5.29. The van der Waals surface area contributed by atoms with Gasteiger partial charge in [-0.2, -0.15) is 14.6 Å². The molecule has 15 heteroatoms. The Morgan fingerprint density at radius 1 is 1.46 bits per heavy atom. The van der Waals surface area contributed by atoms with E-state index in [4.69, 9.17) is 15.8 Å². The average molecular weight is 516 g/mol. The fraction of sp³-hybridized carbons (Fsp3) is 0.300. The number of oxime groups is 1. The lowest BCUT2D eigenvalue weighted by molar-refractivity contribution is -0.689. The van der Waals surface area contributed by atoms with Crippen molar-refractivity contribution < 1.29 is 28.9 Å². The van der Waals surface area contributed by atoms with Crippen LogP contribution >= 0.6 is 23.3 Å². The van der Waals surface area contributed by atoms with Crippen LogP contribution in [0.2, 0.25) is 0 Å². The highest BCUT2D eigenvalue weighted by Gasteiger charge is 2.54. The minimum Gasteiger partial charge on any atom is -0.477 e. The number of rotatable bonds is 8. The van der Waals surface area contributed by atoms with Gasteiger partial charge in [0, 0.05) is 35.0 Å². The van der Waals surface area contributed by atoms with E-state index in [2.05, 4.69) is 19.8 Å². The number of carboxylic acids is 1. The molecule has 13 nitrogen and oxygen atoms in total. The highest BCUT2D eigenvalue weighted by molar-refractivity contribution is 8.00. The van der Waals surface area contributed by atoms with Crippen molar-refractivity contribution in [3.8, 4) is 6.07 Å². The van der Waals surface area contributed by atoms with E-state index in [0.29, 0.717) is 16.9 Å². The third-order valence-electron chi connectivity index (χ3n) is 5.08. The number of hydrogen-bond acceptors (Lipinski definition) is 11. The number of nitrogens with zero attached hydrogens (tertiary/aromatic N) is 6. The molecule has 0 radical (unpaired) electrons. The quantitative estimate of drug-likeness (QED) is 0.178. The number of amides is 2. The van der Waals surface area contributed by atoms with E-state index in [0.717, 1.165) is 11.5 Å². The van der Waals surface area contributed by atoms with Gasteiger partial charge in [-0.25, -0.2) is 9.36 Å². The number of β-lactam (4-membered cyclic amide) rings is 1. The lowest BCUT2D eigenvalue weighted by Gasteiger charge is -2.49. The molecule has 0 spiro atoms. The highest BCUT2D eigenvalue weighted by atomic mass is 32.2. The molecule has 1 saturated heterocycles. The first-order chi connectivity index (χ1) is 16.8. The molecule has 2 aliphatic heterocycles. The second kappa shape index (κ2) is 10.1. The van der Waals surface area contributed by atoms with Gasteiger partial charge >= 0.3 is 5.97 Å². The molecule has 2 atom stereocenters. The minimum atomic E-state index is -1.24. The van der Waals surface area contributed by atoms with E-state index in [9.17, 15) is 19.5 Å². The van der Waals surface area contributed by atoms with Gasteiger partial charge in [0.2, 0.25) is 11.5 Å². The molecule has 1 fully saturated rings. The van der Waals surface area contributed by atoms with Gasteiger partial charge in [0.05, 0.1) is 11.6 Å². The van der Waals surface area contributed by atoms with Gasteiger partial charge in [0.1, 0.15) is 23.7 Å². The van der Waals surface area contributed by atoms with Crippen molar-refractivity contribution in [2.45, 2.75) is 24.9 Å². The van der Waals surface area contributed by atoms with Gasteiger partial charge in [-0.05, 0) is 6.92 Å². The van der Waals surface area contributed by atoms with Crippen LogP contribution in [0.3, 0.4) is 0 Å². The Labute approximate surface area is 207 Å². The summed E-state index contributed by atoms with van der Waals surface area (Å²) >= 11 is 2.21. The monoisotopic (exact) mass is 515 g/mol. The van der Waals surface area contributed by atoms with Crippen LogP contribution in [0.15, 0.2) is 41.0 Å². The summed E-state index contributed by atoms with van der Waals surface area (Å²) in [6, 6.07) is 4.29. The Morgan fingerprint density at radius 3 is 2.80 bits per heavy atom. The highest BCUT2D eigenvalue weighted by Crippen LogP contribution is 2.40. The van der Waals surface area contributed by atoms with Gasteiger partial charge in [-0.3, -0.25) is 14.5 Å². The molecule has 0 saturated carbocycles. The molecule has 0 aliphatic carbocycles. The number of anilines is 1. The number of nitrogens with two attached hydrogens (primary N) is 1. The van der Waals surface area contributed by atoms with E-state index in [-0.39, 0.29) is 35.5 Å². The van der Waals surface area contributed by atoms with Crippen molar-refractivity contribution in [1.29, 1.82) is 5.26 Å². The van der Waals surface area contributed by atoms with Crippen molar-refractivity contribution in [1.82, 2.24) is 19.6 Å². The third-order valence-corrected chi connectivity index (χ3v) is 6.97. The van der Waals surface area contributed by atoms with Crippen LogP contribution in [-0.4, -0.2) is 66.6 Å². The number of nitrogen functional groups attached to an aromatic ring is 1. The molecule has 0 bridgehead atoms. The minimum absolute atomic E-state index is 0.0359. The molecular formula is C20H19N8O5S2+. The molecule has 2 aromatic rings. The zero-order valence-corrected chi connectivity index (χ0v) is 19.9. The number of nitriles is 1. The topological polar surface area (TPSA) is 188 Å². The molecule has 180 valence electrons. The summed E-state index contributed by atoms with van der Waals surface area (Å²) < 4.78 is 5.69. The van der Waals surface area contributed by atoms with Crippen LogP contribution in [0.5, 0.6) is 0 Å². The van der Waals surface area contributed by atoms with E-state index < -0.39 is 29.2 Å². The van der Waals surface area contributed by atoms with Crippen LogP contribution in [0.4, 0.5) is 5.13 Å². The Morgan fingerprint density at radius 2 is 2.20 bits per heavy atom. The zero-order chi connectivity index (χ0) is 25.1. The van der Waals surface area contributed by atoms with Gasteiger partial charge in [0.15, 0.2) is 24.1 Å². The number of carboxylic acid groups (broad SMARTS) is 1. The average Bonchev–Trinajstić information content (AvgIpc) is 3.28. The van der Waals surface area contributed by atoms with E-state index in [1.807, 2.05) is 6.07 Å². The van der Waals surface area contributed by atoms with Crippen LogP contribution in [0.1, 0.15) is 18.3 Å². The largest absolute Gasteiger partial charge is 0.477 e. The lowest BCUT2D eigenvalue weighted by atomic mass is 10.0. The SMILES string of the molecule is CCON=C(C(=O)NC1C(=O)N2C(C(=O)O)=C(C[n+]3ccc(C#N)cc3)CS[C@@H]12)c1nsc(N)n1. The summed E-state index contributed by atoms with van der Waals surface area (Å²) in [5.74, 6) is -2.24. The molecule has 4 N–H and O–H groups in total. The van der Waals surface area contributed by atoms with Crippen molar-refractivity contribution in [2.24, 2.45) is 5.16 Å². The molecule has 2 amide bonds. The molecule has 4 rings (SSSR count). The summed E-state index contributed by atoms with van der Waals surface area (Å²) in [6.45, 7) is 2.11. The second-order valence-corrected chi connectivity index (χ2v) is 9.19. The molecule has 2 aliphatic rings.